The van der Waals surface area contributed by atoms with Crippen molar-refractivity contribution in [3.8, 4) is 11.4 Å². The predicted octanol–water partition coefficient (Wildman–Crippen LogP) is 2.54. The molecule has 0 bridgehead atoms. The lowest BCUT2D eigenvalue weighted by molar-refractivity contribution is -0.147. The largest absolute Gasteiger partial charge is 0.481 e. The van der Waals surface area contributed by atoms with Gasteiger partial charge in [0.2, 0.25) is 5.91 Å². The van der Waals surface area contributed by atoms with Crippen molar-refractivity contribution in [3.05, 3.63) is 48.0 Å². The number of carbonyl (C=O) groups is 2. The van der Waals surface area contributed by atoms with Crippen LogP contribution in [0.4, 0.5) is 4.39 Å². The molecular weight excluding hydrogens is 337 g/mol. The Balaban J connectivity index is 1.67. The monoisotopic (exact) mass is 357 g/mol. The molecule has 2 aromatic rings. The van der Waals surface area contributed by atoms with Crippen LogP contribution in [-0.2, 0) is 16.0 Å². The van der Waals surface area contributed by atoms with Gasteiger partial charge in [0, 0.05) is 18.2 Å². The van der Waals surface area contributed by atoms with Gasteiger partial charge < -0.3 is 10.0 Å². The molecule has 2 heterocycles. The van der Waals surface area contributed by atoms with E-state index in [1.807, 2.05) is 19.1 Å². The van der Waals surface area contributed by atoms with Crippen LogP contribution in [0.15, 0.2) is 36.7 Å². The summed E-state index contributed by atoms with van der Waals surface area (Å²) < 4.78 is 12.9. The fourth-order valence-corrected chi connectivity index (χ4v) is 3.17. The molecule has 1 saturated heterocycles. The number of aliphatic carboxylic acids is 1. The highest BCUT2D eigenvalue weighted by Crippen LogP contribution is 2.23. The first-order valence-corrected chi connectivity index (χ1v) is 8.53. The van der Waals surface area contributed by atoms with Crippen molar-refractivity contribution < 1.29 is 19.1 Å². The van der Waals surface area contributed by atoms with Gasteiger partial charge in [0.25, 0.3) is 0 Å². The van der Waals surface area contributed by atoms with Gasteiger partial charge in [0.05, 0.1) is 24.7 Å². The lowest BCUT2D eigenvalue weighted by atomic mass is 9.93. The maximum atomic E-state index is 12.9. The third kappa shape index (κ3) is 4.04. The zero-order chi connectivity index (χ0) is 18.7. The van der Waals surface area contributed by atoms with Crippen LogP contribution in [0.2, 0.25) is 0 Å². The average molecular weight is 357 g/mol. The molecule has 3 rings (SSSR count). The standard InChI is InChI=1S/C19H20FN3O3/c1-12-2-5-15(19(25)26)11-23(12)17(24)8-13-3-6-14(7-4-13)18-21-9-16(20)10-22-18/h3-4,6-7,9-10,12,15H,2,5,8,11H2,1H3,(H,25,26)/t12-,15+/m0/s1. The van der Waals surface area contributed by atoms with E-state index in [-0.39, 0.29) is 24.9 Å². The van der Waals surface area contributed by atoms with Crippen LogP contribution in [-0.4, -0.2) is 44.4 Å². The summed E-state index contributed by atoms with van der Waals surface area (Å²) in [5.74, 6) is -1.50. The van der Waals surface area contributed by atoms with Gasteiger partial charge in [0.15, 0.2) is 11.6 Å². The number of nitrogens with zero attached hydrogens (tertiary/aromatic N) is 3. The summed E-state index contributed by atoms with van der Waals surface area (Å²) in [6.45, 7) is 2.21. The minimum atomic E-state index is -0.849. The van der Waals surface area contributed by atoms with E-state index in [2.05, 4.69) is 9.97 Å². The Morgan fingerprint density at radius 2 is 1.85 bits per heavy atom. The number of carboxylic acids is 1. The number of rotatable bonds is 4. The Kier molecular flexibility index (Phi) is 5.25. The highest BCUT2D eigenvalue weighted by Gasteiger charge is 2.32. The molecule has 0 radical (unpaired) electrons. The van der Waals surface area contributed by atoms with Crippen LogP contribution in [0.3, 0.4) is 0 Å². The molecule has 1 aromatic heterocycles. The van der Waals surface area contributed by atoms with Crippen molar-refractivity contribution in [3.63, 3.8) is 0 Å². The summed E-state index contributed by atoms with van der Waals surface area (Å²) >= 11 is 0. The van der Waals surface area contributed by atoms with Crippen LogP contribution in [0, 0.1) is 11.7 Å². The first-order valence-electron chi connectivity index (χ1n) is 8.53. The summed E-state index contributed by atoms with van der Waals surface area (Å²) in [6, 6.07) is 7.24. The number of aromatic nitrogens is 2. The number of likely N-dealkylation sites (tertiary alicyclic amines) is 1. The summed E-state index contributed by atoms with van der Waals surface area (Å²) in [7, 11) is 0. The minimum Gasteiger partial charge on any atom is -0.481 e. The average Bonchev–Trinajstić information content (AvgIpc) is 2.63. The van der Waals surface area contributed by atoms with Gasteiger partial charge in [-0.15, -0.1) is 0 Å². The first-order chi connectivity index (χ1) is 12.4. The van der Waals surface area contributed by atoms with Gasteiger partial charge in [-0.25, -0.2) is 14.4 Å². The zero-order valence-electron chi connectivity index (χ0n) is 14.4. The summed E-state index contributed by atoms with van der Waals surface area (Å²) in [5, 5.41) is 9.20. The Morgan fingerprint density at radius 3 is 2.46 bits per heavy atom. The van der Waals surface area contributed by atoms with Crippen LogP contribution in [0.25, 0.3) is 11.4 Å². The van der Waals surface area contributed by atoms with E-state index in [4.69, 9.17) is 0 Å². The van der Waals surface area contributed by atoms with E-state index in [9.17, 15) is 19.1 Å². The molecule has 0 saturated carbocycles. The second-order valence-electron chi connectivity index (χ2n) is 6.61. The third-order valence-corrected chi connectivity index (χ3v) is 4.74. The number of amides is 1. The maximum absolute atomic E-state index is 12.9. The Hall–Kier alpha value is -2.83. The van der Waals surface area contributed by atoms with Gasteiger partial charge in [-0.2, -0.15) is 0 Å². The molecule has 1 amide bonds. The molecule has 1 aliphatic heterocycles. The van der Waals surface area contributed by atoms with Gasteiger partial charge in [-0.1, -0.05) is 24.3 Å². The van der Waals surface area contributed by atoms with Crippen molar-refractivity contribution in [1.82, 2.24) is 14.9 Å². The molecule has 7 heteroatoms. The van der Waals surface area contributed by atoms with Gasteiger partial charge in [0.1, 0.15) is 0 Å². The molecule has 2 atom stereocenters. The molecule has 1 aliphatic rings. The summed E-state index contributed by atoms with van der Waals surface area (Å²) in [6.07, 6.45) is 3.73. The Bertz CT molecular complexity index is 793. The zero-order valence-corrected chi connectivity index (χ0v) is 14.4. The first kappa shape index (κ1) is 18.0. The van der Waals surface area contributed by atoms with E-state index in [1.54, 1.807) is 17.0 Å². The van der Waals surface area contributed by atoms with E-state index < -0.39 is 17.7 Å². The topological polar surface area (TPSA) is 83.4 Å². The predicted molar refractivity (Wildman–Crippen MR) is 92.7 cm³/mol. The normalized spacial score (nSPS) is 20.0. The molecule has 1 fully saturated rings. The fourth-order valence-electron chi connectivity index (χ4n) is 3.17. The molecule has 0 aliphatic carbocycles. The number of hydrogen-bond donors (Lipinski definition) is 1. The number of halogens is 1. The lowest BCUT2D eigenvalue weighted by Gasteiger charge is -2.36. The molecule has 0 unspecified atom stereocenters. The smallest absolute Gasteiger partial charge is 0.308 e. The van der Waals surface area contributed by atoms with Crippen molar-refractivity contribution in [1.29, 1.82) is 0 Å². The quantitative estimate of drug-likeness (QED) is 0.909. The van der Waals surface area contributed by atoms with Gasteiger partial charge >= 0.3 is 5.97 Å². The van der Waals surface area contributed by atoms with E-state index in [0.29, 0.717) is 18.7 Å². The molecule has 1 aromatic carbocycles. The third-order valence-electron chi connectivity index (χ3n) is 4.74. The van der Waals surface area contributed by atoms with Crippen LogP contribution in [0.5, 0.6) is 0 Å². The highest BCUT2D eigenvalue weighted by atomic mass is 19.1. The molecular formula is C19H20FN3O3. The number of hydrogen-bond acceptors (Lipinski definition) is 4. The SMILES string of the molecule is C[C@H]1CC[C@@H](C(=O)O)CN1C(=O)Cc1ccc(-c2ncc(F)cn2)cc1. The number of benzene rings is 1. The Labute approximate surface area is 150 Å². The second kappa shape index (κ2) is 7.59. The maximum Gasteiger partial charge on any atom is 0.308 e. The highest BCUT2D eigenvalue weighted by molar-refractivity contribution is 5.80. The van der Waals surface area contributed by atoms with Crippen molar-refractivity contribution >= 4 is 11.9 Å². The molecule has 26 heavy (non-hydrogen) atoms. The van der Waals surface area contributed by atoms with Crippen LogP contribution < -0.4 is 0 Å². The van der Waals surface area contributed by atoms with Crippen LogP contribution in [0.1, 0.15) is 25.3 Å². The molecule has 136 valence electrons. The molecule has 1 N–H and O–H groups in total. The second-order valence-corrected chi connectivity index (χ2v) is 6.61. The number of carbonyl (C=O) groups excluding carboxylic acids is 1. The minimum absolute atomic E-state index is 0.0463. The lowest BCUT2D eigenvalue weighted by Crippen LogP contribution is -2.47. The summed E-state index contributed by atoms with van der Waals surface area (Å²) in [4.78, 5) is 33.3. The van der Waals surface area contributed by atoms with Crippen molar-refractivity contribution in [2.45, 2.75) is 32.2 Å². The molecule has 0 spiro atoms. The van der Waals surface area contributed by atoms with Gasteiger partial charge in [-0.05, 0) is 25.3 Å². The fraction of sp³-hybridized carbons (Fsp3) is 0.368. The van der Waals surface area contributed by atoms with Crippen LogP contribution >= 0.6 is 0 Å². The number of carboxylic acid groups (broad SMARTS) is 1. The van der Waals surface area contributed by atoms with Crippen molar-refractivity contribution in [2.24, 2.45) is 5.92 Å². The van der Waals surface area contributed by atoms with E-state index in [1.165, 1.54) is 0 Å². The summed E-state index contributed by atoms with van der Waals surface area (Å²) in [5.41, 5.74) is 1.56. The van der Waals surface area contributed by atoms with Crippen molar-refractivity contribution in [2.75, 3.05) is 6.54 Å². The van der Waals surface area contributed by atoms with E-state index >= 15 is 0 Å². The Morgan fingerprint density at radius 1 is 1.19 bits per heavy atom. The van der Waals surface area contributed by atoms with Gasteiger partial charge in [-0.3, -0.25) is 9.59 Å². The van der Waals surface area contributed by atoms with E-state index in [0.717, 1.165) is 23.5 Å². The number of piperidine rings is 1. The molecule has 6 nitrogen and oxygen atoms in total.